The van der Waals surface area contributed by atoms with Crippen LogP contribution in [0.3, 0.4) is 0 Å². The number of carboxylic acid groups (broad SMARTS) is 1. The molecule has 0 spiro atoms. The van der Waals surface area contributed by atoms with E-state index in [1.807, 2.05) is 6.07 Å². The van der Waals surface area contributed by atoms with Crippen molar-refractivity contribution in [3.8, 4) is 0 Å². The molecule has 5 nitrogen and oxygen atoms in total. The highest BCUT2D eigenvalue weighted by atomic mass is 16.4. The van der Waals surface area contributed by atoms with E-state index in [0.717, 1.165) is 5.39 Å². The van der Waals surface area contributed by atoms with Gasteiger partial charge in [-0.25, -0.2) is 14.8 Å². The summed E-state index contributed by atoms with van der Waals surface area (Å²) in [6.45, 7) is 0. The second-order valence-electron chi connectivity index (χ2n) is 2.68. The lowest BCUT2D eigenvalue weighted by atomic mass is 10.3. The molecule has 2 N–H and O–H groups in total. The zero-order valence-corrected chi connectivity index (χ0v) is 7.14. The van der Waals surface area contributed by atoms with Crippen LogP contribution in [0.2, 0.25) is 0 Å². The molecule has 2 aromatic rings. The minimum Gasteiger partial charge on any atom is -0.465 e. The van der Waals surface area contributed by atoms with Gasteiger partial charge in [0, 0.05) is 11.6 Å². The molecule has 0 unspecified atom stereocenters. The molecule has 0 fully saturated rings. The summed E-state index contributed by atoms with van der Waals surface area (Å²) in [6.07, 6.45) is 0.479. The van der Waals surface area contributed by atoms with Crippen LogP contribution < -0.4 is 5.32 Å². The van der Waals surface area contributed by atoms with Crippen LogP contribution in [0.1, 0.15) is 0 Å². The molecular formula is C9H7N3O2. The van der Waals surface area contributed by atoms with E-state index in [0.29, 0.717) is 5.65 Å². The molecule has 2 aromatic heterocycles. The largest absolute Gasteiger partial charge is 0.465 e. The van der Waals surface area contributed by atoms with Crippen molar-refractivity contribution in [2.45, 2.75) is 0 Å². The standard InChI is InChI=1S/C9H7N3O2/c13-9(14)12-7-4-3-6-2-1-5-10-8(6)11-7/h1-5H,(H,13,14)(H,10,11,12). The third-order valence-corrected chi connectivity index (χ3v) is 1.70. The van der Waals surface area contributed by atoms with E-state index >= 15 is 0 Å². The van der Waals surface area contributed by atoms with Crippen LogP contribution in [0, 0.1) is 0 Å². The zero-order chi connectivity index (χ0) is 9.97. The predicted molar refractivity (Wildman–Crippen MR) is 51.2 cm³/mol. The fraction of sp³-hybridized carbons (Fsp3) is 0. The van der Waals surface area contributed by atoms with E-state index in [4.69, 9.17) is 5.11 Å². The summed E-state index contributed by atoms with van der Waals surface area (Å²) in [6, 6.07) is 7.02. The molecule has 0 radical (unpaired) electrons. The van der Waals surface area contributed by atoms with Crippen molar-refractivity contribution in [1.82, 2.24) is 9.97 Å². The Morgan fingerprint density at radius 2 is 2.21 bits per heavy atom. The molecule has 14 heavy (non-hydrogen) atoms. The van der Waals surface area contributed by atoms with Gasteiger partial charge in [-0.15, -0.1) is 0 Å². The Morgan fingerprint density at radius 1 is 1.36 bits per heavy atom. The number of aromatic nitrogens is 2. The number of pyridine rings is 2. The van der Waals surface area contributed by atoms with Gasteiger partial charge in [0.2, 0.25) is 0 Å². The first-order valence-electron chi connectivity index (χ1n) is 3.97. The lowest BCUT2D eigenvalue weighted by Crippen LogP contribution is -2.08. The number of nitrogens with zero attached hydrogens (tertiary/aromatic N) is 2. The third kappa shape index (κ3) is 1.61. The van der Waals surface area contributed by atoms with Crippen molar-refractivity contribution in [2.24, 2.45) is 0 Å². The third-order valence-electron chi connectivity index (χ3n) is 1.70. The minimum atomic E-state index is -1.13. The van der Waals surface area contributed by atoms with Gasteiger partial charge in [0.25, 0.3) is 0 Å². The molecule has 0 saturated heterocycles. The van der Waals surface area contributed by atoms with Crippen molar-refractivity contribution in [3.05, 3.63) is 30.5 Å². The van der Waals surface area contributed by atoms with Crippen LogP contribution in [0.25, 0.3) is 11.0 Å². The fourth-order valence-electron chi connectivity index (χ4n) is 1.13. The van der Waals surface area contributed by atoms with Gasteiger partial charge in [0.05, 0.1) is 0 Å². The molecule has 0 aliphatic carbocycles. The Balaban J connectivity index is 2.46. The lowest BCUT2D eigenvalue weighted by Gasteiger charge is -2.00. The van der Waals surface area contributed by atoms with Crippen molar-refractivity contribution < 1.29 is 9.90 Å². The van der Waals surface area contributed by atoms with Gasteiger partial charge in [-0.3, -0.25) is 5.32 Å². The highest BCUT2D eigenvalue weighted by Gasteiger charge is 2.00. The number of hydrogen-bond donors (Lipinski definition) is 2. The average Bonchev–Trinajstić information content (AvgIpc) is 2.17. The Labute approximate surface area is 79.4 Å². The Hall–Kier alpha value is -2.17. The van der Waals surface area contributed by atoms with Gasteiger partial charge in [0.1, 0.15) is 5.82 Å². The molecule has 1 amide bonds. The van der Waals surface area contributed by atoms with Crippen molar-refractivity contribution in [3.63, 3.8) is 0 Å². The van der Waals surface area contributed by atoms with Gasteiger partial charge in [-0.1, -0.05) is 0 Å². The zero-order valence-electron chi connectivity index (χ0n) is 7.14. The fourth-order valence-corrected chi connectivity index (χ4v) is 1.13. The topological polar surface area (TPSA) is 75.1 Å². The maximum atomic E-state index is 10.3. The Kier molecular flexibility index (Phi) is 1.98. The summed E-state index contributed by atoms with van der Waals surface area (Å²) in [5.74, 6) is 0.281. The number of fused-ring (bicyclic) bond motifs is 1. The van der Waals surface area contributed by atoms with E-state index in [1.54, 1.807) is 24.4 Å². The highest BCUT2D eigenvalue weighted by Crippen LogP contribution is 2.11. The van der Waals surface area contributed by atoms with E-state index in [-0.39, 0.29) is 5.82 Å². The van der Waals surface area contributed by atoms with Gasteiger partial charge in [-0.05, 0) is 24.3 Å². The normalized spacial score (nSPS) is 10.0. The van der Waals surface area contributed by atoms with E-state index in [9.17, 15) is 4.79 Å². The van der Waals surface area contributed by atoms with Crippen molar-refractivity contribution >= 4 is 22.9 Å². The number of rotatable bonds is 1. The molecule has 0 atom stereocenters. The highest BCUT2D eigenvalue weighted by molar-refractivity contribution is 5.84. The molecular weight excluding hydrogens is 182 g/mol. The first kappa shape index (κ1) is 8.43. The molecule has 0 saturated carbocycles. The van der Waals surface area contributed by atoms with Crippen LogP contribution in [0.4, 0.5) is 10.6 Å². The first-order chi connectivity index (χ1) is 6.75. The summed E-state index contributed by atoms with van der Waals surface area (Å²) in [7, 11) is 0. The van der Waals surface area contributed by atoms with E-state index in [2.05, 4.69) is 15.3 Å². The SMILES string of the molecule is O=C(O)Nc1ccc2cccnc2n1. The van der Waals surface area contributed by atoms with Crippen LogP contribution in [-0.4, -0.2) is 21.2 Å². The minimum absolute atomic E-state index is 0.281. The summed E-state index contributed by atoms with van der Waals surface area (Å²) in [4.78, 5) is 18.4. The number of hydrogen-bond acceptors (Lipinski definition) is 3. The molecule has 0 aliphatic heterocycles. The molecule has 2 rings (SSSR count). The molecule has 0 bridgehead atoms. The van der Waals surface area contributed by atoms with Crippen LogP contribution >= 0.6 is 0 Å². The smallest absolute Gasteiger partial charge is 0.410 e. The first-order valence-corrected chi connectivity index (χ1v) is 3.97. The van der Waals surface area contributed by atoms with E-state index < -0.39 is 6.09 Å². The molecule has 70 valence electrons. The number of amides is 1. The Morgan fingerprint density at radius 3 is 3.00 bits per heavy atom. The van der Waals surface area contributed by atoms with Crippen LogP contribution in [-0.2, 0) is 0 Å². The number of nitrogens with one attached hydrogen (secondary N) is 1. The summed E-state index contributed by atoms with van der Waals surface area (Å²) in [5.41, 5.74) is 0.527. The molecule has 2 heterocycles. The monoisotopic (exact) mass is 189 g/mol. The van der Waals surface area contributed by atoms with Crippen molar-refractivity contribution in [1.29, 1.82) is 0 Å². The lowest BCUT2D eigenvalue weighted by molar-refractivity contribution is 0.209. The quantitative estimate of drug-likeness (QED) is 0.716. The molecule has 5 heteroatoms. The predicted octanol–water partition coefficient (Wildman–Crippen LogP) is 1.72. The maximum absolute atomic E-state index is 10.3. The number of anilines is 1. The van der Waals surface area contributed by atoms with Gasteiger partial charge in [0.15, 0.2) is 5.65 Å². The summed E-state index contributed by atoms with van der Waals surface area (Å²) in [5, 5.41) is 11.5. The van der Waals surface area contributed by atoms with E-state index in [1.165, 1.54) is 0 Å². The van der Waals surface area contributed by atoms with Crippen LogP contribution in [0.5, 0.6) is 0 Å². The average molecular weight is 189 g/mol. The van der Waals surface area contributed by atoms with Gasteiger partial charge in [-0.2, -0.15) is 0 Å². The van der Waals surface area contributed by atoms with Crippen molar-refractivity contribution in [2.75, 3.05) is 5.32 Å². The van der Waals surface area contributed by atoms with Crippen LogP contribution in [0.15, 0.2) is 30.5 Å². The summed E-state index contributed by atoms with van der Waals surface area (Å²) < 4.78 is 0. The second kappa shape index (κ2) is 3.29. The van der Waals surface area contributed by atoms with Gasteiger partial charge >= 0.3 is 6.09 Å². The second-order valence-corrected chi connectivity index (χ2v) is 2.68. The maximum Gasteiger partial charge on any atom is 0.410 e. The van der Waals surface area contributed by atoms with Gasteiger partial charge < -0.3 is 5.11 Å². The Bertz CT molecular complexity index is 484. The summed E-state index contributed by atoms with van der Waals surface area (Å²) >= 11 is 0. The number of carbonyl (C=O) groups is 1. The molecule has 0 aliphatic rings. The molecule has 0 aromatic carbocycles.